The Hall–Kier alpha value is 1.54. The molecule has 0 aromatic carbocycles. The van der Waals surface area contributed by atoms with Gasteiger partial charge in [-0.1, -0.05) is 0 Å². The average Bonchev–Trinajstić information content (AvgIpc) is 1.97. The molecule has 0 radical (unpaired) electrons. The molecule has 0 aliphatic rings. The van der Waals surface area contributed by atoms with E-state index in [0.717, 1.165) is 6.61 Å². The smallest absolute Gasteiger partial charge is 1.00 e. The minimum atomic E-state index is -0.00763. The Kier molecular flexibility index (Phi) is 43.2. The van der Waals surface area contributed by atoms with E-state index in [2.05, 4.69) is 13.8 Å². The molecule has 1 nitrogen and oxygen atoms in total. The molecule has 0 spiro atoms. The summed E-state index contributed by atoms with van der Waals surface area (Å²) >= 11 is -0.00763. The van der Waals surface area contributed by atoms with E-state index in [4.69, 9.17) is 3.32 Å². The van der Waals surface area contributed by atoms with E-state index in [0.29, 0.717) is 0 Å². The molecule has 13 heavy (non-hydrogen) atoms. The Morgan fingerprint density at radius 3 is 2.00 bits per heavy atom. The van der Waals surface area contributed by atoms with E-state index in [1.165, 1.54) is 30.4 Å². The second-order valence-corrected chi connectivity index (χ2v) is 4.41. The Morgan fingerprint density at radius 2 is 1.54 bits per heavy atom. The van der Waals surface area contributed by atoms with E-state index in [9.17, 15) is 0 Å². The monoisotopic (exact) mass is 283 g/mol. The Labute approximate surface area is 110 Å². The summed E-state index contributed by atoms with van der Waals surface area (Å²) in [5, 5.41) is 0. The molecule has 0 saturated heterocycles. The molecule has 0 bridgehead atoms. The predicted octanol–water partition coefficient (Wildman–Crippen LogP) is -5.97. The van der Waals surface area contributed by atoms with Crippen LogP contribution >= 0.6 is 0 Å². The van der Waals surface area contributed by atoms with Crippen LogP contribution in [0.2, 0.25) is 4.73 Å². The van der Waals surface area contributed by atoms with Crippen molar-refractivity contribution in [1.82, 2.24) is 0 Å². The zero-order chi connectivity index (χ0) is 7.66. The largest absolute Gasteiger partial charge is 1.00 e. The van der Waals surface area contributed by atoms with Crippen LogP contribution in [0.5, 0.6) is 0 Å². The van der Waals surface area contributed by atoms with Crippen molar-refractivity contribution in [3.63, 3.8) is 0 Å². The van der Waals surface area contributed by atoms with Crippen LogP contribution in [0, 0.1) is 0 Å². The zero-order valence-corrected chi connectivity index (χ0v) is 12.1. The van der Waals surface area contributed by atoms with Crippen molar-refractivity contribution < 1.29 is 60.1 Å². The zero-order valence-electron chi connectivity index (χ0n) is 8.28. The summed E-state index contributed by atoms with van der Waals surface area (Å²) in [5.41, 5.74) is 0. The van der Waals surface area contributed by atoms with Gasteiger partial charge in [-0.3, -0.25) is 0 Å². The summed E-state index contributed by atoms with van der Waals surface area (Å²) in [6, 6.07) is 0. The Morgan fingerprint density at radius 1 is 0.923 bits per heavy atom. The minimum absolute atomic E-state index is 0. The van der Waals surface area contributed by atoms with Crippen molar-refractivity contribution in [3.8, 4) is 0 Å². The molecule has 0 unspecified atom stereocenters. The Balaban J connectivity index is -0.000000135. The summed E-state index contributed by atoms with van der Waals surface area (Å²) in [5.74, 6) is 0. The molecule has 0 aliphatic carbocycles. The van der Waals surface area contributed by atoms with Crippen molar-refractivity contribution in [3.05, 3.63) is 0 Å². The van der Waals surface area contributed by atoms with Crippen LogP contribution in [-0.2, 0) is 22.9 Å². The van der Waals surface area contributed by atoms with Gasteiger partial charge in [0.15, 0.2) is 0 Å². The van der Waals surface area contributed by atoms with Gasteiger partial charge in [-0.2, -0.15) is 0 Å². The normalized spacial score (nSPS) is 7.23. The molecule has 0 heterocycles. The summed E-state index contributed by atoms with van der Waals surface area (Å²) in [6.45, 7) is 5.46. The van der Waals surface area contributed by atoms with Crippen LogP contribution in [0.15, 0.2) is 0 Å². The quantitative estimate of drug-likeness (QED) is 0.334. The number of hydrogen-bond donors (Lipinski definition) is 0. The van der Waals surface area contributed by atoms with Crippen LogP contribution in [0.4, 0.5) is 0 Å². The third kappa shape index (κ3) is 24.7. The molecule has 0 amide bonds. The molecule has 0 atom stereocenters. The summed E-state index contributed by atoms with van der Waals surface area (Å²) in [4.78, 5) is 0. The SMILES string of the molecule is CCCCCC[O][Ti+3][CH2]C.[Cl-].[Cl-].[Cl-]. The maximum absolute atomic E-state index is 5.45. The first-order chi connectivity index (χ1) is 4.91. The molecule has 0 rings (SSSR count). The molecule has 0 aromatic rings. The van der Waals surface area contributed by atoms with Crippen molar-refractivity contribution in [2.45, 2.75) is 44.3 Å². The van der Waals surface area contributed by atoms with Crippen molar-refractivity contribution in [1.29, 1.82) is 0 Å². The second-order valence-electron chi connectivity index (χ2n) is 2.41. The maximum atomic E-state index is 5.45. The molecule has 0 saturated carbocycles. The Bertz CT molecular complexity index is 59.4. The van der Waals surface area contributed by atoms with E-state index in [1.807, 2.05) is 0 Å². The third-order valence-electron chi connectivity index (χ3n) is 1.35. The average molecular weight is 284 g/mol. The van der Waals surface area contributed by atoms with E-state index in [-0.39, 0.29) is 56.8 Å². The molecular weight excluding hydrogens is 266 g/mol. The summed E-state index contributed by atoms with van der Waals surface area (Å²) < 4.78 is 6.73. The van der Waals surface area contributed by atoms with Crippen LogP contribution in [0.1, 0.15) is 39.5 Å². The molecule has 0 N–H and O–H groups in total. The van der Waals surface area contributed by atoms with Gasteiger partial charge >= 0.3 is 73.7 Å². The van der Waals surface area contributed by atoms with Gasteiger partial charge in [0.1, 0.15) is 0 Å². The standard InChI is InChI=1S/C6H13O.C2H5.3ClH.Ti/c1-2-3-4-5-6-7;1-2;;;;/h2-6H2,1H3;1H2,2H3;3*1H;/q-1;;;;;+4/p-3. The molecule has 0 aromatic heterocycles. The molecule has 0 fully saturated rings. The van der Waals surface area contributed by atoms with Crippen LogP contribution in [0.25, 0.3) is 0 Å². The van der Waals surface area contributed by atoms with Gasteiger partial charge in [0.05, 0.1) is 0 Å². The topological polar surface area (TPSA) is 9.23 Å². The number of unbranched alkanes of at least 4 members (excludes halogenated alkanes) is 3. The van der Waals surface area contributed by atoms with Crippen molar-refractivity contribution >= 4 is 0 Å². The predicted molar refractivity (Wildman–Crippen MR) is 40.6 cm³/mol. The first-order valence-electron chi connectivity index (χ1n) is 4.26. The fourth-order valence-corrected chi connectivity index (χ4v) is 1.54. The molecular formula is C8H18Cl3OTi. The number of hydrogen-bond acceptors (Lipinski definition) is 1. The molecule has 0 aliphatic heterocycles. The second kappa shape index (κ2) is 23.4. The number of rotatable bonds is 7. The van der Waals surface area contributed by atoms with Gasteiger partial charge in [0.25, 0.3) is 0 Å². The first-order valence-corrected chi connectivity index (χ1v) is 6.00. The van der Waals surface area contributed by atoms with Gasteiger partial charge in [-0.25, -0.2) is 0 Å². The maximum Gasteiger partial charge on any atom is -1.00 e. The van der Waals surface area contributed by atoms with E-state index >= 15 is 0 Å². The van der Waals surface area contributed by atoms with Gasteiger partial charge in [-0.05, 0) is 0 Å². The fraction of sp³-hybridized carbons (Fsp3) is 1.00. The van der Waals surface area contributed by atoms with Crippen LogP contribution in [-0.4, -0.2) is 6.61 Å². The third-order valence-corrected chi connectivity index (χ3v) is 2.43. The first kappa shape index (κ1) is 24.0. The van der Waals surface area contributed by atoms with Crippen molar-refractivity contribution in [2.75, 3.05) is 6.61 Å². The fourth-order valence-electron chi connectivity index (χ4n) is 0.775. The van der Waals surface area contributed by atoms with E-state index < -0.39 is 0 Å². The van der Waals surface area contributed by atoms with Gasteiger partial charge < -0.3 is 37.2 Å². The minimum Gasteiger partial charge on any atom is -1.00 e. The van der Waals surface area contributed by atoms with Crippen LogP contribution < -0.4 is 37.2 Å². The van der Waals surface area contributed by atoms with Gasteiger partial charge in [0.2, 0.25) is 0 Å². The summed E-state index contributed by atoms with van der Waals surface area (Å²) in [6.07, 6.45) is 5.32. The van der Waals surface area contributed by atoms with Gasteiger partial charge in [0, 0.05) is 0 Å². The molecule has 81 valence electrons. The van der Waals surface area contributed by atoms with Gasteiger partial charge in [-0.15, -0.1) is 0 Å². The summed E-state index contributed by atoms with van der Waals surface area (Å²) in [7, 11) is 0. The van der Waals surface area contributed by atoms with Crippen LogP contribution in [0.3, 0.4) is 0 Å². The van der Waals surface area contributed by atoms with E-state index in [1.54, 1.807) is 0 Å². The number of halogens is 3. The molecule has 5 heteroatoms. The van der Waals surface area contributed by atoms with Crippen molar-refractivity contribution in [2.24, 2.45) is 0 Å².